The maximum atomic E-state index is 2.53. The van der Waals surface area contributed by atoms with Crippen LogP contribution in [0.5, 0.6) is 0 Å². The van der Waals surface area contributed by atoms with E-state index < -0.39 is 0 Å². The molecule has 0 aliphatic rings. The molecule has 0 atom stereocenters. The third-order valence-corrected chi connectivity index (χ3v) is 8.19. The highest BCUT2D eigenvalue weighted by Gasteiger charge is 2.25. The lowest BCUT2D eigenvalue weighted by Crippen LogP contribution is -2.36. The van der Waals surface area contributed by atoms with E-state index in [-0.39, 0.29) is 0 Å². The molecule has 184 valence electrons. The highest BCUT2D eigenvalue weighted by molar-refractivity contribution is 6.30. The number of unbranched alkanes of at least 4 members (excludes halogenated alkanes) is 1. The fraction of sp³-hybridized carbons (Fsp3) is 0.162. The molecule has 7 rings (SSSR count). The van der Waals surface area contributed by atoms with Gasteiger partial charge in [-0.3, -0.25) is 0 Å². The zero-order valence-electron chi connectivity index (χ0n) is 22.4. The first-order chi connectivity index (χ1) is 18.6. The summed E-state index contributed by atoms with van der Waals surface area (Å²) in [6, 6.07) is 36.5. The lowest BCUT2D eigenvalue weighted by Gasteiger charge is -2.18. The zero-order valence-corrected chi connectivity index (χ0v) is 22.4. The molecule has 1 nitrogen and oxygen atoms in total. The second-order valence-electron chi connectivity index (χ2n) is 10.8. The van der Waals surface area contributed by atoms with Crippen LogP contribution in [0, 0.1) is 13.8 Å². The van der Waals surface area contributed by atoms with Crippen LogP contribution in [0.4, 0.5) is 0 Å². The van der Waals surface area contributed by atoms with Gasteiger partial charge in [0.2, 0.25) is 5.69 Å². The number of hydrogen-bond donors (Lipinski definition) is 0. The highest BCUT2D eigenvalue weighted by Crippen LogP contribution is 2.43. The summed E-state index contributed by atoms with van der Waals surface area (Å²) in [7, 11) is 0. The Morgan fingerprint density at radius 1 is 0.579 bits per heavy atom. The van der Waals surface area contributed by atoms with Crippen molar-refractivity contribution in [1.29, 1.82) is 0 Å². The fourth-order valence-electron chi connectivity index (χ4n) is 6.21. The molecule has 0 saturated carbocycles. The molecule has 7 aromatic rings. The Kier molecular flexibility index (Phi) is 5.40. The molecule has 1 aromatic heterocycles. The van der Waals surface area contributed by atoms with E-state index in [1.165, 1.54) is 76.6 Å². The fourth-order valence-corrected chi connectivity index (χ4v) is 6.21. The predicted molar refractivity (Wildman–Crippen MR) is 163 cm³/mol. The van der Waals surface area contributed by atoms with Gasteiger partial charge >= 0.3 is 0 Å². The van der Waals surface area contributed by atoms with Crippen LogP contribution >= 0.6 is 0 Å². The Morgan fingerprint density at radius 2 is 1.21 bits per heavy atom. The second kappa shape index (κ2) is 8.96. The van der Waals surface area contributed by atoms with Crippen molar-refractivity contribution in [1.82, 2.24) is 0 Å². The Bertz CT molecular complexity index is 1930. The first kappa shape index (κ1) is 22.9. The van der Waals surface area contributed by atoms with Gasteiger partial charge in [0.25, 0.3) is 0 Å². The van der Waals surface area contributed by atoms with Crippen molar-refractivity contribution in [2.24, 2.45) is 0 Å². The SMILES string of the molecule is CCCC[n+]1cc2c(cc3ccc4cccc5ccc2c3c45)c(-c2ccc(C)cc2)c1-c1ccc(C)cc1. The highest BCUT2D eigenvalue weighted by atomic mass is 15.0. The van der Waals surface area contributed by atoms with E-state index in [4.69, 9.17) is 0 Å². The first-order valence-corrected chi connectivity index (χ1v) is 13.8. The Morgan fingerprint density at radius 3 is 1.89 bits per heavy atom. The molecule has 1 heterocycles. The van der Waals surface area contributed by atoms with Crippen LogP contribution in [0.25, 0.3) is 65.5 Å². The molecule has 0 spiro atoms. The van der Waals surface area contributed by atoms with Crippen LogP contribution in [0.15, 0.2) is 103 Å². The van der Waals surface area contributed by atoms with Crippen LogP contribution in [0.2, 0.25) is 0 Å². The quantitative estimate of drug-likeness (QED) is 0.128. The molecule has 0 aliphatic carbocycles. The largest absolute Gasteiger partial charge is 0.221 e. The van der Waals surface area contributed by atoms with Gasteiger partial charge in [-0.1, -0.05) is 103 Å². The monoisotopic (exact) mass is 490 g/mol. The van der Waals surface area contributed by atoms with Gasteiger partial charge in [0, 0.05) is 17.4 Å². The number of aryl methyl sites for hydroxylation is 3. The third kappa shape index (κ3) is 3.57. The van der Waals surface area contributed by atoms with Crippen LogP contribution < -0.4 is 4.57 Å². The summed E-state index contributed by atoms with van der Waals surface area (Å²) >= 11 is 0. The van der Waals surface area contributed by atoms with Crippen molar-refractivity contribution in [3.8, 4) is 22.4 Å². The summed E-state index contributed by atoms with van der Waals surface area (Å²) in [5, 5.41) is 10.7. The van der Waals surface area contributed by atoms with Gasteiger partial charge in [-0.2, -0.15) is 4.57 Å². The van der Waals surface area contributed by atoms with Crippen LogP contribution in [-0.4, -0.2) is 0 Å². The summed E-state index contributed by atoms with van der Waals surface area (Å²) in [6.07, 6.45) is 4.74. The molecule has 38 heavy (non-hydrogen) atoms. The number of hydrogen-bond acceptors (Lipinski definition) is 0. The second-order valence-corrected chi connectivity index (χ2v) is 10.8. The molecule has 0 radical (unpaired) electrons. The van der Waals surface area contributed by atoms with E-state index in [1.807, 2.05) is 0 Å². The molecule has 0 N–H and O–H groups in total. The number of rotatable bonds is 5. The summed E-state index contributed by atoms with van der Waals surface area (Å²) in [6.45, 7) is 7.61. The summed E-state index contributed by atoms with van der Waals surface area (Å²) in [5.41, 5.74) is 7.75. The zero-order chi connectivity index (χ0) is 25.8. The van der Waals surface area contributed by atoms with Crippen LogP contribution in [0.1, 0.15) is 30.9 Å². The lowest BCUT2D eigenvalue weighted by molar-refractivity contribution is -0.684. The van der Waals surface area contributed by atoms with Gasteiger partial charge in [-0.15, -0.1) is 0 Å². The molecule has 0 aliphatic heterocycles. The van der Waals surface area contributed by atoms with Crippen molar-refractivity contribution >= 4 is 43.1 Å². The van der Waals surface area contributed by atoms with E-state index in [0.29, 0.717) is 0 Å². The van der Waals surface area contributed by atoms with Crippen molar-refractivity contribution < 1.29 is 4.57 Å². The van der Waals surface area contributed by atoms with Gasteiger partial charge in [0.1, 0.15) is 6.54 Å². The van der Waals surface area contributed by atoms with E-state index in [1.54, 1.807) is 0 Å². The van der Waals surface area contributed by atoms with E-state index in [9.17, 15) is 0 Å². The maximum absolute atomic E-state index is 2.53. The van der Waals surface area contributed by atoms with Crippen LogP contribution in [-0.2, 0) is 6.54 Å². The van der Waals surface area contributed by atoms with Gasteiger partial charge in [-0.25, -0.2) is 0 Å². The molecule has 1 heteroatoms. The Hall–Kier alpha value is -4.23. The predicted octanol–water partition coefficient (Wildman–Crippen LogP) is 9.78. The van der Waals surface area contributed by atoms with Crippen molar-refractivity contribution in [2.75, 3.05) is 0 Å². The smallest absolute Gasteiger partial charge is 0.197 e. The summed E-state index contributed by atoms with van der Waals surface area (Å²) < 4.78 is 2.53. The number of pyridine rings is 1. The average molecular weight is 491 g/mol. The summed E-state index contributed by atoms with van der Waals surface area (Å²) in [4.78, 5) is 0. The summed E-state index contributed by atoms with van der Waals surface area (Å²) in [5.74, 6) is 0. The first-order valence-electron chi connectivity index (χ1n) is 13.8. The Labute approximate surface area is 224 Å². The standard InChI is InChI=1S/C37H32N/c1-4-5-21-38-23-33-31-20-19-27-8-6-7-26-17-18-30(35(31)34(26)27)22-32(33)36(28-13-9-24(2)10-14-28)37(38)29-15-11-25(3)12-16-29/h6-20,22-23H,4-5,21H2,1-3H3/q+1. The van der Waals surface area contributed by atoms with Gasteiger partial charge in [0.15, 0.2) is 6.20 Å². The maximum Gasteiger partial charge on any atom is 0.221 e. The topological polar surface area (TPSA) is 3.88 Å². The molecule has 0 amide bonds. The molecular formula is C37H32N+. The molecule has 0 saturated heterocycles. The van der Waals surface area contributed by atoms with Crippen LogP contribution in [0.3, 0.4) is 0 Å². The molecule has 6 aromatic carbocycles. The minimum atomic E-state index is 0.997. The van der Waals surface area contributed by atoms with Gasteiger partial charge in [-0.05, 0) is 69.9 Å². The number of fused-ring (bicyclic) bond motifs is 2. The van der Waals surface area contributed by atoms with E-state index >= 15 is 0 Å². The van der Waals surface area contributed by atoms with Crippen molar-refractivity contribution in [3.05, 3.63) is 114 Å². The number of benzene rings is 6. The van der Waals surface area contributed by atoms with Crippen molar-refractivity contribution in [2.45, 2.75) is 40.2 Å². The number of aromatic nitrogens is 1. The Balaban J connectivity index is 1.69. The third-order valence-electron chi connectivity index (χ3n) is 8.19. The minimum absolute atomic E-state index is 0.997. The van der Waals surface area contributed by atoms with E-state index in [2.05, 4.69) is 129 Å². The van der Waals surface area contributed by atoms with Gasteiger partial charge < -0.3 is 0 Å². The van der Waals surface area contributed by atoms with Gasteiger partial charge in [0.05, 0.1) is 10.9 Å². The molecule has 0 fully saturated rings. The van der Waals surface area contributed by atoms with Crippen molar-refractivity contribution in [3.63, 3.8) is 0 Å². The van der Waals surface area contributed by atoms with E-state index in [0.717, 1.165) is 19.4 Å². The molecular weight excluding hydrogens is 458 g/mol. The molecule has 0 bridgehead atoms. The minimum Gasteiger partial charge on any atom is -0.197 e. The normalized spacial score (nSPS) is 11.9. The average Bonchev–Trinajstić information content (AvgIpc) is 2.95. The number of nitrogens with zero attached hydrogens (tertiary/aromatic N) is 1. The molecule has 0 unspecified atom stereocenters. The lowest BCUT2D eigenvalue weighted by atomic mass is 9.87.